The van der Waals surface area contributed by atoms with Crippen LogP contribution in [0.1, 0.15) is 48.0 Å². The van der Waals surface area contributed by atoms with Gasteiger partial charge in [-0.25, -0.2) is 0 Å². The topological polar surface area (TPSA) is 79.3 Å². The van der Waals surface area contributed by atoms with Crippen molar-refractivity contribution >= 4 is 23.0 Å². The smallest absolute Gasteiger partial charge is 0.290 e. The first-order valence-electron chi connectivity index (χ1n) is 12.3. The van der Waals surface area contributed by atoms with Crippen molar-refractivity contribution in [2.45, 2.75) is 32.7 Å². The van der Waals surface area contributed by atoms with Crippen LogP contribution in [0.3, 0.4) is 0 Å². The molecular formula is C27H34N2O5S. The molecule has 1 atom stereocenters. The summed E-state index contributed by atoms with van der Waals surface area (Å²) >= 11 is 1.31. The van der Waals surface area contributed by atoms with Gasteiger partial charge in [-0.1, -0.05) is 32.0 Å². The lowest BCUT2D eigenvalue weighted by Gasteiger charge is -2.30. The number of carbonyl (C=O) groups excluding carboxylic acids is 2. The summed E-state index contributed by atoms with van der Waals surface area (Å²) in [6.07, 6.45) is 1.67. The maximum absolute atomic E-state index is 13.4. The van der Waals surface area contributed by atoms with Crippen LogP contribution in [-0.4, -0.2) is 72.6 Å². The van der Waals surface area contributed by atoms with E-state index in [2.05, 4.69) is 18.7 Å². The van der Waals surface area contributed by atoms with Gasteiger partial charge in [0.2, 0.25) is 5.78 Å². The fourth-order valence-electron chi connectivity index (χ4n) is 4.48. The van der Waals surface area contributed by atoms with Crippen LogP contribution in [0.15, 0.2) is 53.1 Å². The van der Waals surface area contributed by atoms with E-state index in [-0.39, 0.29) is 11.4 Å². The number of aliphatic hydroxyl groups excluding tert-OH is 1. The molecule has 1 N–H and O–H groups in total. The molecule has 188 valence electrons. The Morgan fingerprint density at radius 1 is 1.20 bits per heavy atom. The Labute approximate surface area is 210 Å². The molecule has 1 unspecified atom stereocenters. The van der Waals surface area contributed by atoms with Gasteiger partial charge in [-0.3, -0.25) is 14.5 Å². The van der Waals surface area contributed by atoms with E-state index in [9.17, 15) is 14.7 Å². The second-order valence-corrected chi connectivity index (χ2v) is 10.3. The number of morpholine rings is 1. The highest BCUT2D eigenvalue weighted by molar-refractivity contribution is 7.12. The van der Waals surface area contributed by atoms with E-state index in [1.807, 2.05) is 29.6 Å². The first-order chi connectivity index (χ1) is 17.0. The number of aliphatic hydroxyl groups is 1. The van der Waals surface area contributed by atoms with Crippen molar-refractivity contribution in [2.24, 2.45) is 5.92 Å². The Morgan fingerprint density at radius 2 is 2.00 bits per heavy atom. The summed E-state index contributed by atoms with van der Waals surface area (Å²) in [7, 11) is 0. The lowest BCUT2D eigenvalue weighted by molar-refractivity contribution is -0.129. The number of hydrogen-bond acceptors (Lipinski definition) is 7. The molecule has 2 aromatic rings. The molecule has 0 saturated carbocycles. The second-order valence-electron chi connectivity index (χ2n) is 9.38. The van der Waals surface area contributed by atoms with Crippen LogP contribution in [0, 0.1) is 5.92 Å². The molecule has 0 aliphatic carbocycles. The normalized spacial score (nSPS) is 19.1. The molecule has 8 heteroatoms. The maximum atomic E-state index is 13.4. The van der Waals surface area contributed by atoms with E-state index >= 15 is 0 Å². The summed E-state index contributed by atoms with van der Waals surface area (Å²) < 4.78 is 11.4. The predicted molar refractivity (Wildman–Crippen MR) is 136 cm³/mol. The van der Waals surface area contributed by atoms with Crippen LogP contribution in [0.2, 0.25) is 0 Å². The molecule has 3 heterocycles. The summed E-state index contributed by atoms with van der Waals surface area (Å²) in [5.74, 6) is -0.0350. The zero-order valence-corrected chi connectivity index (χ0v) is 21.3. The van der Waals surface area contributed by atoms with Crippen molar-refractivity contribution in [2.75, 3.05) is 46.0 Å². The molecular weight excluding hydrogens is 464 g/mol. The largest absolute Gasteiger partial charge is 0.503 e. The quantitative estimate of drug-likeness (QED) is 0.461. The fraction of sp³-hybridized carbons (Fsp3) is 0.481. The number of nitrogens with zero attached hydrogens (tertiary/aromatic N) is 2. The number of hydrogen-bond donors (Lipinski definition) is 1. The first-order valence-corrected chi connectivity index (χ1v) is 13.2. The highest BCUT2D eigenvalue weighted by atomic mass is 32.1. The molecule has 0 bridgehead atoms. The number of thiophene rings is 1. The van der Waals surface area contributed by atoms with E-state index < -0.39 is 17.7 Å². The molecule has 2 aliphatic rings. The zero-order valence-electron chi connectivity index (χ0n) is 20.4. The Hall–Kier alpha value is -2.68. The van der Waals surface area contributed by atoms with Crippen LogP contribution < -0.4 is 4.74 Å². The third kappa shape index (κ3) is 6.12. The minimum Gasteiger partial charge on any atom is -0.503 e. The van der Waals surface area contributed by atoms with Gasteiger partial charge in [0.15, 0.2) is 5.76 Å². The van der Waals surface area contributed by atoms with Crippen molar-refractivity contribution in [3.63, 3.8) is 0 Å². The van der Waals surface area contributed by atoms with Gasteiger partial charge in [-0.05, 0) is 47.9 Å². The van der Waals surface area contributed by atoms with E-state index in [0.29, 0.717) is 29.7 Å². The van der Waals surface area contributed by atoms with Gasteiger partial charge < -0.3 is 19.5 Å². The van der Waals surface area contributed by atoms with Gasteiger partial charge in [0, 0.05) is 26.2 Å². The highest BCUT2D eigenvalue weighted by Gasteiger charge is 2.43. The highest BCUT2D eigenvalue weighted by Crippen LogP contribution is 2.40. The van der Waals surface area contributed by atoms with Crippen LogP contribution in [0.5, 0.6) is 5.75 Å². The lowest BCUT2D eigenvalue weighted by Crippen LogP contribution is -2.39. The van der Waals surface area contributed by atoms with E-state index in [1.165, 1.54) is 11.3 Å². The monoisotopic (exact) mass is 498 g/mol. The summed E-state index contributed by atoms with van der Waals surface area (Å²) in [5, 5.41) is 12.7. The molecule has 35 heavy (non-hydrogen) atoms. The molecule has 1 amide bonds. The SMILES string of the molecule is CC(C)CCOc1cccc(C2C(C(=O)c3cccs3)=C(O)C(=O)N2CCCN2CCOCC2)c1. The summed E-state index contributed by atoms with van der Waals surface area (Å²) in [4.78, 5) is 31.0. The zero-order chi connectivity index (χ0) is 24.8. The number of amides is 1. The average molecular weight is 499 g/mol. The lowest BCUT2D eigenvalue weighted by atomic mass is 9.95. The fourth-order valence-corrected chi connectivity index (χ4v) is 5.16. The van der Waals surface area contributed by atoms with Gasteiger partial charge in [0.1, 0.15) is 5.75 Å². The number of ketones is 1. The maximum Gasteiger partial charge on any atom is 0.290 e. The first kappa shape index (κ1) is 25.4. The molecule has 7 nitrogen and oxygen atoms in total. The van der Waals surface area contributed by atoms with Crippen molar-refractivity contribution < 1.29 is 24.2 Å². The number of carbonyl (C=O) groups is 2. The number of Topliss-reactive ketones (excluding diaryl/α,β-unsaturated/α-hetero) is 1. The van der Waals surface area contributed by atoms with Crippen LogP contribution in [-0.2, 0) is 9.53 Å². The van der Waals surface area contributed by atoms with Gasteiger partial charge in [0.05, 0.1) is 36.3 Å². The van der Waals surface area contributed by atoms with Crippen LogP contribution in [0.4, 0.5) is 0 Å². The van der Waals surface area contributed by atoms with Gasteiger partial charge in [-0.15, -0.1) is 11.3 Å². The van der Waals surface area contributed by atoms with Gasteiger partial charge >= 0.3 is 0 Å². The molecule has 1 aromatic heterocycles. The van der Waals surface area contributed by atoms with Crippen molar-refractivity contribution in [1.82, 2.24) is 9.80 Å². The van der Waals surface area contributed by atoms with Crippen LogP contribution >= 0.6 is 11.3 Å². The molecule has 0 radical (unpaired) electrons. The molecule has 0 spiro atoms. The van der Waals surface area contributed by atoms with Crippen molar-refractivity contribution in [3.8, 4) is 5.75 Å². The van der Waals surface area contributed by atoms with Crippen molar-refractivity contribution in [3.05, 3.63) is 63.6 Å². The van der Waals surface area contributed by atoms with Gasteiger partial charge in [-0.2, -0.15) is 0 Å². The van der Waals surface area contributed by atoms with E-state index in [0.717, 1.165) is 51.3 Å². The number of ether oxygens (including phenoxy) is 2. The van der Waals surface area contributed by atoms with Gasteiger partial charge in [0.25, 0.3) is 5.91 Å². The number of benzene rings is 1. The standard InChI is InChI=1S/C27H34N2O5S/c1-19(2)9-14-34-21-7-3-6-20(18-21)24-23(25(30)22-8-4-17-35-22)26(31)27(32)29(24)11-5-10-28-12-15-33-16-13-28/h3-4,6-8,17-19,24,31H,5,9-16H2,1-2H3. The molecule has 2 aliphatic heterocycles. The Morgan fingerprint density at radius 3 is 2.71 bits per heavy atom. The third-order valence-electron chi connectivity index (χ3n) is 6.41. The summed E-state index contributed by atoms with van der Waals surface area (Å²) in [6.45, 7) is 9.34. The Kier molecular flexibility index (Phi) is 8.59. The summed E-state index contributed by atoms with van der Waals surface area (Å²) in [6, 6.07) is 10.4. The minimum absolute atomic E-state index is 0.142. The molecule has 1 aromatic carbocycles. The van der Waals surface area contributed by atoms with E-state index in [4.69, 9.17) is 9.47 Å². The number of rotatable bonds is 11. The second kappa shape index (κ2) is 11.8. The Balaban J connectivity index is 1.58. The third-order valence-corrected chi connectivity index (χ3v) is 7.28. The molecule has 4 rings (SSSR count). The molecule has 1 fully saturated rings. The predicted octanol–water partition coefficient (Wildman–Crippen LogP) is 4.47. The van der Waals surface area contributed by atoms with Crippen LogP contribution in [0.25, 0.3) is 0 Å². The summed E-state index contributed by atoms with van der Waals surface area (Å²) in [5.41, 5.74) is 0.902. The van der Waals surface area contributed by atoms with Crippen molar-refractivity contribution in [1.29, 1.82) is 0 Å². The molecule has 1 saturated heterocycles. The average Bonchev–Trinajstić information content (AvgIpc) is 3.48. The van der Waals surface area contributed by atoms with E-state index in [1.54, 1.807) is 17.0 Å². The Bertz CT molecular complexity index is 1040. The minimum atomic E-state index is -0.657.